The molecule has 0 radical (unpaired) electrons. The van der Waals surface area contributed by atoms with Gasteiger partial charge in [-0.15, -0.1) is 0 Å². The van der Waals surface area contributed by atoms with Crippen LogP contribution in [-0.4, -0.2) is 115 Å². The lowest BCUT2D eigenvalue weighted by Gasteiger charge is -2.32. The third kappa shape index (κ3) is 7.15. The van der Waals surface area contributed by atoms with Crippen molar-refractivity contribution >= 4 is 17.9 Å². The van der Waals surface area contributed by atoms with Gasteiger partial charge in [0.25, 0.3) is 0 Å². The highest BCUT2D eigenvalue weighted by Gasteiger charge is 2.21. The van der Waals surface area contributed by atoms with Crippen LogP contribution in [0.4, 0.5) is 0 Å². The number of carbonyl (C=O) groups excluding carboxylic acids is 1. The van der Waals surface area contributed by atoms with Gasteiger partial charge in [0.1, 0.15) is 11.5 Å². The van der Waals surface area contributed by atoms with Crippen LogP contribution in [0, 0.1) is 0 Å². The minimum absolute atomic E-state index is 0.0381. The van der Waals surface area contributed by atoms with Crippen molar-refractivity contribution in [2.45, 2.75) is 13.1 Å². The van der Waals surface area contributed by atoms with Gasteiger partial charge in [0.2, 0.25) is 0 Å². The van der Waals surface area contributed by atoms with E-state index in [1.165, 1.54) is 0 Å². The van der Waals surface area contributed by atoms with Gasteiger partial charge in [-0.3, -0.25) is 14.6 Å². The van der Waals surface area contributed by atoms with Crippen molar-refractivity contribution in [1.82, 2.24) is 24.9 Å². The number of ketones is 1. The van der Waals surface area contributed by atoms with E-state index >= 15 is 0 Å². The molecule has 3 saturated heterocycles. The van der Waals surface area contributed by atoms with E-state index < -0.39 is 0 Å². The molecule has 8 heteroatoms. The summed E-state index contributed by atoms with van der Waals surface area (Å²) in [5, 5.41) is 24.3. The lowest BCUT2D eigenvalue weighted by atomic mass is 9.94. The molecule has 0 unspecified atom stereocenters. The number of benzene rings is 2. The molecule has 0 amide bonds. The average molecular weight is 532 g/mol. The average Bonchev–Trinajstić information content (AvgIpc) is 2.93. The van der Waals surface area contributed by atoms with Gasteiger partial charge in [-0.2, -0.15) is 0 Å². The van der Waals surface area contributed by atoms with Crippen molar-refractivity contribution in [2.75, 3.05) is 79.5 Å². The number of nitrogens with one attached hydrogen (secondary N) is 1. The minimum Gasteiger partial charge on any atom is -0.508 e. The van der Waals surface area contributed by atoms with Crippen molar-refractivity contribution in [3.05, 3.63) is 69.8 Å². The van der Waals surface area contributed by atoms with Crippen LogP contribution in [0.5, 0.6) is 11.5 Å². The van der Waals surface area contributed by atoms with Gasteiger partial charge < -0.3 is 25.3 Å². The van der Waals surface area contributed by atoms with Gasteiger partial charge in [-0.05, 0) is 61.6 Å². The zero-order valence-corrected chi connectivity index (χ0v) is 23.2. The van der Waals surface area contributed by atoms with Crippen molar-refractivity contribution in [3.63, 3.8) is 0 Å². The number of phenols is 2. The maximum atomic E-state index is 13.4. The van der Waals surface area contributed by atoms with Crippen LogP contribution in [0.15, 0.2) is 47.5 Å². The predicted molar refractivity (Wildman–Crippen MR) is 156 cm³/mol. The number of hydrogen-bond acceptors (Lipinski definition) is 8. The Balaban J connectivity index is 1.30. The molecule has 0 saturated carbocycles. The largest absolute Gasteiger partial charge is 0.508 e. The van der Waals surface area contributed by atoms with Gasteiger partial charge in [0, 0.05) is 101 Å². The summed E-state index contributed by atoms with van der Waals surface area (Å²) in [5.74, 6) is 0.630. The van der Waals surface area contributed by atoms with Crippen LogP contribution in [0.3, 0.4) is 0 Å². The molecule has 3 heterocycles. The zero-order chi connectivity index (χ0) is 27.4. The summed E-state index contributed by atoms with van der Waals surface area (Å²) in [4.78, 5) is 22.8. The van der Waals surface area contributed by atoms with Gasteiger partial charge in [0.05, 0.1) is 0 Å². The van der Waals surface area contributed by atoms with Crippen molar-refractivity contribution in [3.8, 4) is 11.5 Å². The van der Waals surface area contributed by atoms with E-state index in [-0.39, 0.29) is 5.78 Å². The number of hydrogen-bond donors (Lipinski definition) is 3. The number of piperidine rings is 1. The van der Waals surface area contributed by atoms with Gasteiger partial charge in [-0.1, -0.05) is 12.1 Å². The monoisotopic (exact) mass is 531 g/mol. The Morgan fingerprint density at radius 3 is 1.51 bits per heavy atom. The highest BCUT2D eigenvalue weighted by molar-refractivity contribution is 6.14. The molecule has 2 aromatic carbocycles. The Morgan fingerprint density at radius 1 is 0.692 bits per heavy atom. The summed E-state index contributed by atoms with van der Waals surface area (Å²) >= 11 is 0. The standard InChI is InChI=1S/C31H41N5O3/c1-33-7-11-35(12-8-33)21-27-17-23(3-5-29(27)37)15-25-19-32-20-26(31(25)39)16-24-4-6-30(38)28(18-24)22-36-13-9-34(2)10-14-36/h3-6,15-18,32,37-38H,7-14,19-22H2,1-2H3/b25-15+,26-16+. The number of rotatable bonds is 6. The summed E-state index contributed by atoms with van der Waals surface area (Å²) in [6, 6.07) is 11.2. The highest BCUT2D eigenvalue weighted by Crippen LogP contribution is 2.26. The first kappa shape index (κ1) is 27.6. The summed E-state index contributed by atoms with van der Waals surface area (Å²) in [6.45, 7) is 10.4. The molecule has 0 aromatic heterocycles. The first-order chi connectivity index (χ1) is 18.8. The van der Waals surface area contributed by atoms with Crippen molar-refractivity contribution in [1.29, 1.82) is 0 Å². The molecule has 0 spiro atoms. The summed E-state index contributed by atoms with van der Waals surface area (Å²) < 4.78 is 0. The lowest BCUT2D eigenvalue weighted by molar-refractivity contribution is -0.112. The smallest absolute Gasteiger partial charge is 0.187 e. The van der Waals surface area contributed by atoms with Crippen molar-refractivity contribution < 1.29 is 15.0 Å². The zero-order valence-electron chi connectivity index (χ0n) is 23.2. The normalized spacial score (nSPS) is 22.7. The molecule has 0 aliphatic carbocycles. The molecule has 0 bridgehead atoms. The Morgan fingerprint density at radius 2 is 1.10 bits per heavy atom. The molecular weight excluding hydrogens is 490 g/mol. The third-order valence-corrected chi connectivity index (χ3v) is 8.08. The Bertz CT molecular complexity index is 1150. The summed E-state index contributed by atoms with van der Waals surface area (Å²) in [6.07, 6.45) is 3.87. The van der Waals surface area contributed by atoms with Crippen LogP contribution < -0.4 is 5.32 Å². The molecule has 3 aliphatic heterocycles. The second-order valence-corrected chi connectivity index (χ2v) is 11.2. The second kappa shape index (κ2) is 12.4. The maximum Gasteiger partial charge on any atom is 0.187 e. The number of phenolic OH excluding ortho intramolecular Hbond substituents is 2. The summed E-state index contributed by atoms with van der Waals surface area (Å²) in [5.41, 5.74) is 5.03. The molecule has 3 N–H and O–H groups in total. The SMILES string of the molecule is CN1CCN(Cc2cc(/C=C3\CNC/C(=C\c4ccc(O)c(CN5CCN(C)CC5)c4)C3=O)ccc2O)CC1. The van der Waals surface area contributed by atoms with Crippen molar-refractivity contribution in [2.24, 2.45) is 0 Å². The first-order valence-electron chi connectivity index (χ1n) is 14.0. The van der Waals surface area contributed by atoms with E-state index in [1.54, 1.807) is 12.1 Å². The molecule has 8 nitrogen and oxygen atoms in total. The summed E-state index contributed by atoms with van der Waals surface area (Å²) in [7, 11) is 4.27. The van der Waals surface area contributed by atoms with Gasteiger partial charge >= 0.3 is 0 Å². The molecular formula is C31H41N5O3. The minimum atomic E-state index is 0.0381. The second-order valence-electron chi connectivity index (χ2n) is 11.2. The van der Waals surface area contributed by atoms with Gasteiger partial charge in [-0.25, -0.2) is 0 Å². The Kier molecular flexibility index (Phi) is 8.79. The number of nitrogens with zero attached hydrogens (tertiary/aromatic N) is 4. The van der Waals surface area contributed by atoms with E-state index in [0.717, 1.165) is 74.6 Å². The van der Waals surface area contributed by atoms with Gasteiger partial charge in [0.15, 0.2) is 5.78 Å². The van der Waals surface area contributed by atoms with Crippen LogP contribution in [0.25, 0.3) is 12.2 Å². The molecule has 2 aromatic rings. The topological polar surface area (TPSA) is 82.5 Å². The molecule has 208 valence electrons. The number of Topliss-reactive ketones (excluding diaryl/α,β-unsaturated/α-hetero) is 1. The molecule has 5 rings (SSSR count). The lowest BCUT2D eigenvalue weighted by Crippen LogP contribution is -2.43. The number of aromatic hydroxyl groups is 2. The highest BCUT2D eigenvalue weighted by atomic mass is 16.3. The molecule has 3 aliphatic rings. The number of carbonyl (C=O) groups is 1. The van der Waals surface area contributed by atoms with Crippen LogP contribution in [0.1, 0.15) is 22.3 Å². The van der Waals surface area contributed by atoms with Crippen LogP contribution >= 0.6 is 0 Å². The third-order valence-electron chi connectivity index (χ3n) is 8.08. The fourth-order valence-electron chi connectivity index (χ4n) is 5.47. The predicted octanol–water partition coefficient (Wildman–Crippen LogP) is 2.23. The Hall–Kier alpha value is -3.01. The van der Waals surface area contributed by atoms with Crippen LogP contribution in [-0.2, 0) is 17.9 Å². The quantitative estimate of drug-likeness (QED) is 0.490. The first-order valence-corrected chi connectivity index (χ1v) is 14.0. The molecule has 39 heavy (non-hydrogen) atoms. The van der Waals surface area contributed by atoms with E-state index in [2.05, 4.69) is 39.0 Å². The Labute approximate surface area is 231 Å². The van der Waals surface area contributed by atoms with E-state index in [1.807, 2.05) is 36.4 Å². The number of piperazine rings is 2. The van der Waals surface area contributed by atoms with E-state index in [9.17, 15) is 15.0 Å². The van der Waals surface area contributed by atoms with E-state index in [4.69, 9.17) is 0 Å². The van der Waals surface area contributed by atoms with E-state index in [0.29, 0.717) is 48.8 Å². The fraction of sp³-hybridized carbons (Fsp3) is 0.452. The fourth-order valence-corrected chi connectivity index (χ4v) is 5.47. The maximum absolute atomic E-state index is 13.4. The number of likely N-dealkylation sites (N-methyl/N-ethyl adjacent to an activating group) is 2. The molecule has 0 atom stereocenters. The van der Waals surface area contributed by atoms with Crippen LogP contribution in [0.2, 0.25) is 0 Å². The molecule has 3 fully saturated rings.